The van der Waals surface area contributed by atoms with Crippen molar-refractivity contribution in [1.82, 2.24) is 15.5 Å². The second-order valence-electron chi connectivity index (χ2n) is 8.24. The molecule has 1 amide bonds. The number of ether oxygens (including phenoxy) is 2. The maximum atomic E-state index is 13.4. The van der Waals surface area contributed by atoms with Crippen LogP contribution in [0.4, 0.5) is 5.82 Å². The lowest BCUT2D eigenvalue weighted by atomic mass is 10.1. The van der Waals surface area contributed by atoms with Gasteiger partial charge < -0.3 is 24.8 Å². The Hall–Kier alpha value is -3.07. The monoisotopic (exact) mass is 516 g/mol. The summed E-state index contributed by atoms with van der Waals surface area (Å²) in [5.41, 5.74) is 2.30. The average molecular weight is 517 g/mol. The van der Waals surface area contributed by atoms with Crippen LogP contribution in [0, 0.1) is 0 Å². The second kappa shape index (κ2) is 11.1. The molecule has 2 aromatic carbocycles. The summed E-state index contributed by atoms with van der Waals surface area (Å²) in [6.45, 7) is 1.32. The second-order valence-corrected chi connectivity index (χ2v) is 9.11. The quantitative estimate of drug-likeness (QED) is 0.481. The lowest BCUT2D eigenvalue weighted by Gasteiger charge is -2.31. The summed E-state index contributed by atoms with van der Waals surface area (Å²) in [7, 11) is 3.13. The molecule has 1 atom stereocenters. The molecule has 0 bridgehead atoms. The molecule has 0 aliphatic carbocycles. The number of carbonyl (C=O) groups excluding carboxylic acids is 1. The van der Waals surface area contributed by atoms with Crippen molar-refractivity contribution in [2.24, 2.45) is 0 Å². The largest absolute Gasteiger partial charge is 0.493 e. The van der Waals surface area contributed by atoms with Gasteiger partial charge in [0.15, 0.2) is 17.3 Å². The molecule has 1 aliphatic rings. The number of benzene rings is 2. The molecule has 0 saturated carbocycles. The number of halogens is 2. The molecule has 8 nitrogen and oxygen atoms in total. The Morgan fingerprint density at radius 1 is 1.09 bits per heavy atom. The van der Waals surface area contributed by atoms with Gasteiger partial charge in [-0.05, 0) is 54.8 Å². The summed E-state index contributed by atoms with van der Waals surface area (Å²) in [6.07, 6.45) is 1.02. The topological polar surface area (TPSA) is 96.8 Å². The number of piperidine rings is 1. The Kier molecular flexibility index (Phi) is 7.95. The lowest BCUT2D eigenvalue weighted by Crippen LogP contribution is -2.40. The van der Waals surface area contributed by atoms with E-state index in [1.807, 2.05) is 17.0 Å². The Morgan fingerprint density at radius 3 is 2.51 bits per heavy atom. The highest BCUT2D eigenvalue weighted by Crippen LogP contribution is 2.30. The molecule has 1 aromatic heterocycles. The molecule has 35 heavy (non-hydrogen) atoms. The van der Waals surface area contributed by atoms with Crippen LogP contribution >= 0.6 is 23.2 Å². The van der Waals surface area contributed by atoms with Crippen molar-refractivity contribution in [3.05, 3.63) is 63.6 Å². The predicted molar refractivity (Wildman–Crippen MR) is 136 cm³/mol. The van der Waals surface area contributed by atoms with E-state index in [0.717, 1.165) is 12.0 Å². The highest BCUT2D eigenvalue weighted by molar-refractivity contribution is 6.35. The van der Waals surface area contributed by atoms with Gasteiger partial charge in [0.05, 0.1) is 31.6 Å². The first kappa shape index (κ1) is 25.0. The maximum Gasteiger partial charge on any atom is 0.255 e. The van der Waals surface area contributed by atoms with Crippen LogP contribution < -0.4 is 19.7 Å². The predicted octanol–water partition coefficient (Wildman–Crippen LogP) is 4.36. The standard InChI is InChI=1S/C25H26Cl2N4O4/c1-34-22-6-5-15(8-23(22)35-2)13-28-25(33)20-12-21(16-9-17(26)11-18(27)10-16)29-30-24(20)31-7-3-4-19(32)14-31/h5-6,8-12,19,32H,3-4,7,13-14H2,1-2H3,(H,28,33). The van der Waals surface area contributed by atoms with Gasteiger partial charge in [0.2, 0.25) is 0 Å². The third kappa shape index (κ3) is 5.96. The number of carbonyl (C=O) groups is 1. The summed E-state index contributed by atoms with van der Waals surface area (Å²) in [5, 5.41) is 22.7. The van der Waals surface area contributed by atoms with Gasteiger partial charge >= 0.3 is 0 Å². The molecule has 2 N–H and O–H groups in total. The van der Waals surface area contributed by atoms with E-state index in [1.54, 1.807) is 44.6 Å². The van der Waals surface area contributed by atoms with Crippen molar-refractivity contribution < 1.29 is 19.4 Å². The number of rotatable bonds is 7. The van der Waals surface area contributed by atoms with Crippen molar-refractivity contribution in [2.45, 2.75) is 25.5 Å². The van der Waals surface area contributed by atoms with Gasteiger partial charge in [-0.2, -0.15) is 0 Å². The fraction of sp³-hybridized carbons (Fsp3) is 0.320. The fourth-order valence-corrected chi connectivity index (χ4v) is 4.57. The zero-order valence-corrected chi connectivity index (χ0v) is 20.9. The summed E-state index contributed by atoms with van der Waals surface area (Å²) >= 11 is 12.3. The summed E-state index contributed by atoms with van der Waals surface area (Å²) < 4.78 is 10.6. The minimum atomic E-state index is -0.486. The van der Waals surface area contributed by atoms with E-state index in [2.05, 4.69) is 15.5 Å². The van der Waals surface area contributed by atoms with Gasteiger partial charge in [-0.25, -0.2) is 0 Å². The van der Waals surface area contributed by atoms with Crippen molar-refractivity contribution in [3.8, 4) is 22.8 Å². The van der Waals surface area contributed by atoms with Crippen LogP contribution in [0.5, 0.6) is 11.5 Å². The smallest absolute Gasteiger partial charge is 0.255 e. The summed E-state index contributed by atoms with van der Waals surface area (Å²) in [5.74, 6) is 1.29. The number of hydrogen-bond donors (Lipinski definition) is 2. The minimum absolute atomic E-state index is 0.266. The molecule has 1 fully saturated rings. The Balaban J connectivity index is 1.65. The molecular formula is C25H26Cl2N4O4. The number of nitrogens with one attached hydrogen (secondary N) is 1. The highest BCUT2D eigenvalue weighted by atomic mass is 35.5. The highest BCUT2D eigenvalue weighted by Gasteiger charge is 2.25. The van der Waals surface area contributed by atoms with E-state index in [9.17, 15) is 9.90 Å². The van der Waals surface area contributed by atoms with E-state index < -0.39 is 6.10 Å². The number of aromatic nitrogens is 2. The van der Waals surface area contributed by atoms with Gasteiger partial charge in [0, 0.05) is 35.2 Å². The summed E-state index contributed by atoms with van der Waals surface area (Å²) in [4.78, 5) is 15.3. The molecule has 0 radical (unpaired) electrons. The van der Waals surface area contributed by atoms with E-state index >= 15 is 0 Å². The van der Waals surface area contributed by atoms with Crippen LogP contribution in [-0.4, -0.2) is 54.6 Å². The molecule has 184 valence electrons. The van der Waals surface area contributed by atoms with Crippen molar-refractivity contribution in [2.75, 3.05) is 32.2 Å². The number of nitrogens with zero attached hydrogens (tertiary/aromatic N) is 3. The molecular weight excluding hydrogens is 491 g/mol. The van der Waals surface area contributed by atoms with Crippen LogP contribution in [0.25, 0.3) is 11.3 Å². The van der Waals surface area contributed by atoms with E-state index in [-0.39, 0.29) is 12.5 Å². The molecule has 1 aliphatic heterocycles. The first-order chi connectivity index (χ1) is 16.9. The van der Waals surface area contributed by atoms with E-state index in [4.69, 9.17) is 32.7 Å². The number of aliphatic hydroxyl groups is 1. The maximum absolute atomic E-state index is 13.4. The van der Waals surface area contributed by atoms with Gasteiger partial charge in [0.1, 0.15) is 0 Å². The fourth-order valence-electron chi connectivity index (χ4n) is 4.04. The number of β-amino-alcohol motifs (C(OH)–C–C–N with tert-alkyl or cyclic N) is 1. The molecule has 3 aromatic rings. The summed E-state index contributed by atoms with van der Waals surface area (Å²) in [6, 6.07) is 12.2. The number of hydrogen-bond acceptors (Lipinski definition) is 7. The third-order valence-corrected chi connectivity index (χ3v) is 6.21. The minimum Gasteiger partial charge on any atom is -0.493 e. The van der Waals surface area contributed by atoms with Crippen LogP contribution in [0.1, 0.15) is 28.8 Å². The molecule has 1 unspecified atom stereocenters. The number of aliphatic hydroxyl groups excluding tert-OH is 1. The molecule has 0 spiro atoms. The van der Waals surface area contributed by atoms with Crippen LogP contribution in [0.2, 0.25) is 10.0 Å². The Bertz CT molecular complexity index is 1200. The van der Waals surface area contributed by atoms with Crippen LogP contribution in [-0.2, 0) is 6.54 Å². The Morgan fingerprint density at radius 2 is 1.83 bits per heavy atom. The van der Waals surface area contributed by atoms with Crippen LogP contribution in [0.15, 0.2) is 42.5 Å². The van der Waals surface area contributed by atoms with Gasteiger partial charge in [-0.1, -0.05) is 29.3 Å². The van der Waals surface area contributed by atoms with Crippen LogP contribution in [0.3, 0.4) is 0 Å². The number of methoxy groups -OCH3 is 2. The zero-order chi connectivity index (χ0) is 24.9. The number of amides is 1. The lowest BCUT2D eigenvalue weighted by molar-refractivity contribution is 0.0950. The van der Waals surface area contributed by atoms with E-state index in [0.29, 0.717) is 63.7 Å². The average Bonchev–Trinajstić information content (AvgIpc) is 2.86. The molecule has 10 heteroatoms. The molecule has 1 saturated heterocycles. The van der Waals surface area contributed by atoms with Gasteiger partial charge in [0.25, 0.3) is 5.91 Å². The van der Waals surface area contributed by atoms with Crippen molar-refractivity contribution in [1.29, 1.82) is 0 Å². The van der Waals surface area contributed by atoms with Crippen molar-refractivity contribution in [3.63, 3.8) is 0 Å². The SMILES string of the molecule is COc1ccc(CNC(=O)c2cc(-c3cc(Cl)cc(Cl)c3)nnc2N2CCCC(O)C2)cc1OC. The molecule has 4 rings (SSSR count). The number of anilines is 1. The van der Waals surface area contributed by atoms with Crippen molar-refractivity contribution >= 4 is 34.9 Å². The third-order valence-electron chi connectivity index (χ3n) is 5.77. The Labute approximate surface area is 213 Å². The first-order valence-electron chi connectivity index (χ1n) is 11.1. The normalized spacial score (nSPS) is 15.6. The van der Waals surface area contributed by atoms with E-state index in [1.165, 1.54) is 0 Å². The first-order valence-corrected chi connectivity index (χ1v) is 11.9. The zero-order valence-electron chi connectivity index (χ0n) is 19.4. The molecule has 2 heterocycles. The van der Waals surface area contributed by atoms with Gasteiger partial charge in [-0.3, -0.25) is 4.79 Å². The van der Waals surface area contributed by atoms with Gasteiger partial charge in [-0.15, -0.1) is 10.2 Å².